The fraction of sp³-hybridized carbons (Fsp3) is 0.647. The quantitative estimate of drug-likeness (QED) is 0.842. The number of sulfone groups is 1. The van der Waals surface area contributed by atoms with Gasteiger partial charge in [0.05, 0.1) is 11.5 Å². The Kier molecular flexibility index (Phi) is 5.82. The second kappa shape index (κ2) is 7.41. The molecule has 21 heavy (non-hydrogen) atoms. The van der Waals surface area contributed by atoms with E-state index in [9.17, 15) is 8.42 Å². The molecule has 2 atom stereocenters. The first-order valence-electron chi connectivity index (χ1n) is 8.06. The van der Waals surface area contributed by atoms with E-state index in [1.165, 1.54) is 11.1 Å². The molecule has 0 saturated carbocycles. The van der Waals surface area contributed by atoms with Gasteiger partial charge in [-0.15, -0.1) is 0 Å². The molecule has 3 nitrogen and oxygen atoms in total. The molecule has 1 aliphatic rings. The smallest absolute Gasteiger partial charge is 0.150 e. The Labute approximate surface area is 129 Å². The molecule has 2 rings (SSSR count). The lowest BCUT2D eigenvalue weighted by atomic mass is 9.93. The zero-order chi connectivity index (χ0) is 15.3. The third-order valence-corrected chi connectivity index (χ3v) is 6.14. The highest BCUT2D eigenvalue weighted by Crippen LogP contribution is 2.29. The van der Waals surface area contributed by atoms with Crippen molar-refractivity contribution in [2.75, 3.05) is 18.1 Å². The van der Waals surface area contributed by atoms with Crippen LogP contribution in [0.1, 0.15) is 50.3 Å². The van der Waals surface area contributed by atoms with Gasteiger partial charge in [0.2, 0.25) is 0 Å². The lowest BCUT2D eigenvalue weighted by Gasteiger charge is -2.22. The molecule has 0 aromatic heterocycles. The Morgan fingerprint density at radius 3 is 2.76 bits per heavy atom. The van der Waals surface area contributed by atoms with Crippen molar-refractivity contribution in [2.45, 2.75) is 45.6 Å². The lowest BCUT2D eigenvalue weighted by molar-refractivity contribution is 0.415. The van der Waals surface area contributed by atoms with E-state index in [2.05, 4.69) is 43.4 Å². The third-order valence-electron chi connectivity index (χ3n) is 4.30. The van der Waals surface area contributed by atoms with Gasteiger partial charge >= 0.3 is 0 Å². The first kappa shape index (κ1) is 16.5. The Morgan fingerprint density at radius 1 is 1.33 bits per heavy atom. The predicted octanol–water partition coefficient (Wildman–Crippen LogP) is 3.11. The summed E-state index contributed by atoms with van der Waals surface area (Å²) >= 11 is 0. The number of aryl methyl sites for hydroxylation is 1. The van der Waals surface area contributed by atoms with Gasteiger partial charge in [-0.2, -0.15) is 0 Å². The molecule has 1 aliphatic heterocycles. The van der Waals surface area contributed by atoms with Crippen LogP contribution in [0.3, 0.4) is 0 Å². The average molecular weight is 309 g/mol. The van der Waals surface area contributed by atoms with Crippen molar-refractivity contribution < 1.29 is 8.42 Å². The van der Waals surface area contributed by atoms with Crippen molar-refractivity contribution in [2.24, 2.45) is 5.92 Å². The number of hydrogen-bond donors (Lipinski definition) is 1. The molecule has 0 spiro atoms. The molecule has 1 aromatic carbocycles. The molecule has 1 aromatic rings. The summed E-state index contributed by atoms with van der Waals surface area (Å²) in [4.78, 5) is 0. The standard InChI is InChI=1S/C17H27NO2S/c1-3-9-18-17(12-15-8-10-21(19,20)13-15)16-7-5-6-14(4-2)11-16/h5-7,11,15,17-18H,3-4,8-10,12-13H2,1-2H3. The Hall–Kier alpha value is -0.870. The summed E-state index contributed by atoms with van der Waals surface area (Å²) in [5, 5.41) is 3.60. The summed E-state index contributed by atoms with van der Waals surface area (Å²) < 4.78 is 23.3. The second-order valence-electron chi connectivity index (χ2n) is 6.11. The van der Waals surface area contributed by atoms with E-state index in [1.54, 1.807) is 0 Å². The summed E-state index contributed by atoms with van der Waals surface area (Å²) in [7, 11) is -2.78. The third kappa shape index (κ3) is 4.82. The second-order valence-corrected chi connectivity index (χ2v) is 8.34. The predicted molar refractivity (Wildman–Crippen MR) is 88.2 cm³/mol. The van der Waals surface area contributed by atoms with Crippen LogP contribution in [-0.4, -0.2) is 26.5 Å². The van der Waals surface area contributed by atoms with Crippen LogP contribution < -0.4 is 5.32 Å². The van der Waals surface area contributed by atoms with E-state index in [-0.39, 0.29) is 6.04 Å². The van der Waals surface area contributed by atoms with E-state index >= 15 is 0 Å². The molecule has 1 heterocycles. The maximum atomic E-state index is 11.7. The van der Waals surface area contributed by atoms with Crippen LogP contribution in [0.4, 0.5) is 0 Å². The normalized spacial score (nSPS) is 22.3. The molecule has 118 valence electrons. The van der Waals surface area contributed by atoms with E-state index in [0.717, 1.165) is 32.2 Å². The van der Waals surface area contributed by atoms with E-state index in [4.69, 9.17) is 0 Å². The van der Waals surface area contributed by atoms with Crippen molar-refractivity contribution in [3.63, 3.8) is 0 Å². The molecule has 0 aliphatic carbocycles. The number of hydrogen-bond acceptors (Lipinski definition) is 3. The van der Waals surface area contributed by atoms with Crippen LogP contribution in [-0.2, 0) is 16.3 Å². The van der Waals surface area contributed by atoms with E-state index in [0.29, 0.717) is 17.4 Å². The maximum absolute atomic E-state index is 11.7. The minimum Gasteiger partial charge on any atom is -0.310 e. The van der Waals surface area contributed by atoms with Gasteiger partial charge in [0.25, 0.3) is 0 Å². The SMILES string of the molecule is CCCNC(CC1CCS(=O)(=O)C1)c1cccc(CC)c1. The molecule has 1 fully saturated rings. The van der Waals surface area contributed by atoms with Crippen LogP contribution in [0.25, 0.3) is 0 Å². The van der Waals surface area contributed by atoms with Crippen molar-refractivity contribution in [1.29, 1.82) is 0 Å². The van der Waals surface area contributed by atoms with Crippen molar-refractivity contribution in [1.82, 2.24) is 5.32 Å². The van der Waals surface area contributed by atoms with Crippen LogP contribution in [0.15, 0.2) is 24.3 Å². The van der Waals surface area contributed by atoms with Crippen molar-refractivity contribution in [3.05, 3.63) is 35.4 Å². The zero-order valence-corrected chi connectivity index (χ0v) is 14.0. The van der Waals surface area contributed by atoms with Gasteiger partial charge in [0.1, 0.15) is 0 Å². The fourth-order valence-corrected chi connectivity index (χ4v) is 4.96. The van der Waals surface area contributed by atoms with Gasteiger partial charge in [-0.1, -0.05) is 38.1 Å². The molecule has 0 radical (unpaired) electrons. The van der Waals surface area contributed by atoms with Crippen LogP contribution in [0.5, 0.6) is 0 Å². The first-order chi connectivity index (χ1) is 10.0. The van der Waals surface area contributed by atoms with Crippen LogP contribution in [0.2, 0.25) is 0 Å². The first-order valence-corrected chi connectivity index (χ1v) is 9.89. The lowest BCUT2D eigenvalue weighted by Crippen LogP contribution is -2.25. The molecular weight excluding hydrogens is 282 g/mol. The molecule has 1 saturated heterocycles. The number of rotatable bonds is 7. The molecule has 2 unspecified atom stereocenters. The summed E-state index contributed by atoms with van der Waals surface area (Å²) in [5.74, 6) is 1.03. The van der Waals surface area contributed by atoms with Gasteiger partial charge in [0, 0.05) is 6.04 Å². The minimum atomic E-state index is -2.78. The van der Waals surface area contributed by atoms with Gasteiger partial charge in [0.15, 0.2) is 9.84 Å². The monoisotopic (exact) mass is 309 g/mol. The highest BCUT2D eigenvalue weighted by Gasteiger charge is 2.30. The highest BCUT2D eigenvalue weighted by molar-refractivity contribution is 7.91. The Morgan fingerprint density at radius 2 is 2.14 bits per heavy atom. The zero-order valence-electron chi connectivity index (χ0n) is 13.1. The Balaban J connectivity index is 2.10. The van der Waals surface area contributed by atoms with Gasteiger partial charge < -0.3 is 5.32 Å². The maximum Gasteiger partial charge on any atom is 0.150 e. The van der Waals surface area contributed by atoms with Gasteiger partial charge in [-0.25, -0.2) is 8.42 Å². The molecular formula is C17H27NO2S. The molecule has 0 amide bonds. The molecule has 4 heteroatoms. The van der Waals surface area contributed by atoms with Crippen molar-refractivity contribution in [3.8, 4) is 0 Å². The summed E-state index contributed by atoms with van der Waals surface area (Å²) in [5.41, 5.74) is 2.64. The van der Waals surface area contributed by atoms with Crippen LogP contribution >= 0.6 is 0 Å². The van der Waals surface area contributed by atoms with Crippen molar-refractivity contribution >= 4 is 9.84 Å². The van der Waals surface area contributed by atoms with E-state index < -0.39 is 9.84 Å². The number of benzene rings is 1. The minimum absolute atomic E-state index is 0.273. The summed E-state index contributed by atoms with van der Waals surface area (Å²) in [6.07, 6.45) is 3.87. The topological polar surface area (TPSA) is 46.2 Å². The highest BCUT2D eigenvalue weighted by atomic mass is 32.2. The fourth-order valence-electron chi connectivity index (χ4n) is 3.08. The van der Waals surface area contributed by atoms with E-state index in [1.807, 2.05) is 0 Å². The summed E-state index contributed by atoms with van der Waals surface area (Å²) in [6.45, 7) is 5.30. The average Bonchev–Trinajstić information content (AvgIpc) is 2.82. The number of nitrogens with one attached hydrogen (secondary N) is 1. The molecule has 1 N–H and O–H groups in total. The summed E-state index contributed by atoms with van der Waals surface area (Å²) in [6, 6.07) is 8.96. The van der Waals surface area contributed by atoms with Crippen LogP contribution in [0, 0.1) is 5.92 Å². The van der Waals surface area contributed by atoms with Gasteiger partial charge in [-0.05, 0) is 49.3 Å². The Bertz CT molecular complexity index is 554. The largest absolute Gasteiger partial charge is 0.310 e. The van der Waals surface area contributed by atoms with Gasteiger partial charge in [-0.3, -0.25) is 0 Å². The molecule has 0 bridgehead atoms.